The van der Waals surface area contributed by atoms with Crippen molar-refractivity contribution in [2.75, 3.05) is 6.61 Å². The lowest BCUT2D eigenvalue weighted by Gasteiger charge is -2.07. The standard InChI is InChI=1S/C20H16F3NO5/c1-12-17(10-27-15-3-2-4-16(9-15)28-11-18(25)26)29-19(24-12)13-5-7-14(8-6-13)20(21,22)23/h2-9H,10-11H2,1H3,(H,25,26). The Kier molecular flexibility index (Phi) is 5.76. The van der Waals surface area contributed by atoms with Crippen LogP contribution in [0.3, 0.4) is 0 Å². The molecule has 0 atom stereocenters. The minimum absolute atomic E-state index is 0.0296. The van der Waals surface area contributed by atoms with Crippen LogP contribution in [0.15, 0.2) is 52.9 Å². The van der Waals surface area contributed by atoms with Gasteiger partial charge in [-0.25, -0.2) is 9.78 Å². The van der Waals surface area contributed by atoms with Gasteiger partial charge in [-0.2, -0.15) is 13.2 Å². The van der Waals surface area contributed by atoms with Gasteiger partial charge in [0, 0.05) is 11.6 Å². The first-order valence-electron chi connectivity index (χ1n) is 8.44. The van der Waals surface area contributed by atoms with Gasteiger partial charge in [0.2, 0.25) is 5.89 Å². The highest BCUT2D eigenvalue weighted by molar-refractivity contribution is 5.68. The maximum Gasteiger partial charge on any atom is 0.416 e. The number of aromatic nitrogens is 1. The number of rotatable bonds is 7. The summed E-state index contributed by atoms with van der Waals surface area (Å²) in [5, 5.41) is 8.65. The Morgan fingerprint density at radius 1 is 1.10 bits per heavy atom. The maximum absolute atomic E-state index is 12.7. The lowest BCUT2D eigenvalue weighted by atomic mass is 10.1. The van der Waals surface area contributed by atoms with E-state index in [1.807, 2.05) is 0 Å². The van der Waals surface area contributed by atoms with Crippen molar-refractivity contribution in [3.8, 4) is 23.0 Å². The van der Waals surface area contributed by atoms with Crippen LogP contribution < -0.4 is 9.47 Å². The predicted molar refractivity (Wildman–Crippen MR) is 95.6 cm³/mol. The molecule has 1 heterocycles. The van der Waals surface area contributed by atoms with Gasteiger partial charge < -0.3 is 19.0 Å². The van der Waals surface area contributed by atoms with E-state index >= 15 is 0 Å². The van der Waals surface area contributed by atoms with Crippen LogP contribution in [-0.2, 0) is 17.6 Å². The first kappa shape index (κ1) is 20.2. The number of carboxylic acid groups (broad SMARTS) is 1. The molecule has 0 bridgehead atoms. The van der Waals surface area contributed by atoms with Gasteiger partial charge in [0.05, 0.1) is 11.3 Å². The molecule has 0 saturated heterocycles. The topological polar surface area (TPSA) is 81.8 Å². The summed E-state index contributed by atoms with van der Waals surface area (Å²) < 4.78 is 54.4. The molecule has 0 saturated carbocycles. The highest BCUT2D eigenvalue weighted by atomic mass is 19.4. The Balaban J connectivity index is 1.68. The summed E-state index contributed by atoms with van der Waals surface area (Å²) in [6, 6.07) is 11.0. The van der Waals surface area contributed by atoms with E-state index in [9.17, 15) is 18.0 Å². The lowest BCUT2D eigenvalue weighted by molar-refractivity contribution is -0.139. The number of nitrogens with zero attached hydrogens (tertiary/aromatic N) is 1. The molecule has 0 radical (unpaired) electrons. The van der Waals surface area contributed by atoms with Gasteiger partial charge in [-0.15, -0.1) is 0 Å². The van der Waals surface area contributed by atoms with Crippen molar-refractivity contribution in [1.82, 2.24) is 4.98 Å². The van der Waals surface area contributed by atoms with Gasteiger partial charge in [-0.1, -0.05) is 6.07 Å². The fraction of sp³-hybridized carbons (Fsp3) is 0.200. The molecule has 9 heteroatoms. The number of ether oxygens (including phenoxy) is 2. The van der Waals surface area contributed by atoms with Crippen molar-refractivity contribution in [2.24, 2.45) is 0 Å². The molecule has 3 rings (SSSR count). The molecule has 1 aromatic heterocycles. The normalized spacial score (nSPS) is 11.3. The van der Waals surface area contributed by atoms with Gasteiger partial charge in [-0.3, -0.25) is 0 Å². The number of alkyl halides is 3. The Morgan fingerprint density at radius 2 is 1.76 bits per heavy atom. The highest BCUT2D eigenvalue weighted by Crippen LogP contribution is 2.31. The van der Waals surface area contributed by atoms with E-state index in [4.69, 9.17) is 19.0 Å². The number of hydrogen-bond donors (Lipinski definition) is 1. The van der Waals surface area contributed by atoms with Gasteiger partial charge >= 0.3 is 12.1 Å². The molecule has 152 valence electrons. The molecule has 0 aliphatic rings. The van der Waals surface area contributed by atoms with Crippen LogP contribution in [-0.4, -0.2) is 22.7 Å². The van der Waals surface area contributed by atoms with E-state index < -0.39 is 24.3 Å². The van der Waals surface area contributed by atoms with E-state index in [1.165, 1.54) is 18.2 Å². The van der Waals surface area contributed by atoms with Crippen molar-refractivity contribution in [2.45, 2.75) is 19.7 Å². The van der Waals surface area contributed by atoms with Crippen LogP contribution in [0.5, 0.6) is 11.5 Å². The van der Waals surface area contributed by atoms with Crippen LogP contribution in [0.2, 0.25) is 0 Å². The summed E-state index contributed by atoms with van der Waals surface area (Å²) in [4.78, 5) is 14.8. The molecule has 6 nitrogen and oxygen atoms in total. The van der Waals surface area contributed by atoms with Crippen LogP contribution in [0.4, 0.5) is 13.2 Å². The molecule has 29 heavy (non-hydrogen) atoms. The van der Waals surface area contributed by atoms with Gasteiger partial charge in [-0.05, 0) is 43.3 Å². The number of oxazole rings is 1. The number of aryl methyl sites for hydroxylation is 1. The summed E-state index contributed by atoms with van der Waals surface area (Å²) in [5.41, 5.74) is 0.202. The minimum Gasteiger partial charge on any atom is -0.485 e. The molecule has 0 fully saturated rings. The molecule has 1 N–H and O–H groups in total. The van der Waals surface area contributed by atoms with Crippen molar-refractivity contribution < 1.29 is 37.0 Å². The monoisotopic (exact) mass is 407 g/mol. The third kappa shape index (κ3) is 5.28. The van der Waals surface area contributed by atoms with E-state index in [2.05, 4.69) is 4.98 Å². The third-order valence-corrected chi connectivity index (χ3v) is 3.89. The van der Waals surface area contributed by atoms with Crippen LogP contribution in [0.25, 0.3) is 11.5 Å². The molecular weight excluding hydrogens is 391 g/mol. The first-order valence-corrected chi connectivity index (χ1v) is 8.44. The van der Waals surface area contributed by atoms with Gasteiger partial charge in [0.25, 0.3) is 0 Å². The zero-order chi connectivity index (χ0) is 21.0. The molecule has 0 unspecified atom stereocenters. The number of aliphatic carboxylic acids is 1. The van der Waals surface area contributed by atoms with Gasteiger partial charge in [0.15, 0.2) is 12.4 Å². The molecule has 3 aromatic rings. The second kappa shape index (κ2) is 8.26. The summed E-state index contributed by atoms with van der Waals surface area (Å²) in [6.45, 7) is 1.26. The van der Waals surface area contributed by atoms with E-state index in [-0.39, 0.29) is 12.5 Å². The SMILES string of the molecule is Cc1nc(-c2ccc(C(F)(F)F)cc2)oc1COc1cccc(OCC(=O)O)c1. The van der Waals surface area contributed by atoms with Crippen LogP contribution >= 0.6 is 0 Å². The van der Waals surface area contributed by atoms with Crippen LogP contribution in [0.1, 0.15) is 17.0 Å². The van der Waals surface area contributed by atoms with E-state index in [1.54, 1.807) is 25.1 Å². The first-order chi connectivity index (χ1) is 13.7. The lowest BCUT2D eigenvalue weighted by Crippen LogP contribution is -2.09. The summed E-state index contributed by atoms with van der Waals surface area (Å²) in [7, 11) is 0. The minimum atomic E-state index is -4.41. The number of halogens is 3. The molecule has 0 spiro atoms. The van der Waals surface area contributed by atoms with Crippen molar-refractivity contribution >= 4 is 5.97 Å². The summed E-state index contributed by atoms with van der Waals surface area (Å²) in [6.07, 6.45) is -4.41. The largest absolute Gasteiger partial charge is 0.485 e. The smallest absolute Gasteiger partial charge is 0.416 e. The number of carboxylic acids is 1. The average molecular weight is 407 g/mol. The Hall–Kier alpha value is -3.49. The average Bonchev–Trinajstić information content (AvgIpc) is 3.05. The zero-order valence-corrected chi connectivity index (χ0v) is 15.2. The van der Waals surface area contributed by atoms with E-state index in [0.717, 1.165) is 12.1 Å². The summed E-state index contributed by atoms with van der Waals surface area (Å²) in [5.74, 6) is 0.277. The Labute approximate surface area is 163 Å². The van der Waals surface area contributed by atoms with E-state index in [0.29, 0.717) is 28.5 Å². The second-order valence-corrected chi connectivity index (χ2v) is 6.05. The third-order valence-electron chi connectivity index (χ3n) is 3.89. The number of benzene rings is 2. The molecule has 2 aromatic carbocycles. The Morgan fingerprint density at radius 3 is 2.38 bits per heavy atom. The molecular formula is C20H16F3NO5. The number of carbonyl (C=O) groups is 1. The fourth-order valence-electron chi connectivity index (χ4n) is 2.43. The predicted octanol–water partition coefficient (Wildman–Crippen LogP) is 4.71. The van der Waals surface area contributed by atoms with Crippen molar-refractivity contribution in [1.29, 1.82) is 0 Å². The molecule has 0 amide bonds. The second-order valence-electron chi connectivity index (χ2n) is 6.05. The molecule has 0 aliphatic carbocycles. The zero-order valence-electron chi connectivity index (χ0n) is 15.2. The van der Waals surface area contributed by atoms with Gasteiger partial charge in [0.1, 0.15) is 18.1 Å². The highest BCUT2D eigenvalue weighted by Gasteiger charge is 2.30. The quantitative estimate of drug-likeness (QED) is 0.611. The van der Waals surface area contributed by atoms with Crippen LogP contribution in [0, 0.1) is 6.92 Å². The van der Waals surface area contributed by atoms with Crippen molar-refractivity contribution in [3.05, 3.63) is 65.5 Å². The number of hydrogen-bond acceptors (Lipinski definition) is 5. The summed E-state index contributed by atoms with van der Waals surface area (Å²) >= 11 is 0. The molecule has 0 aliphatic heterocycles. The maximum atomic E-state index is 12.7. The Bertz CT molecular complexity index is 996. The van der Waals surface area contributed by atoms with Crippen molar-refractivity contribution in [3.63, 3.8) is 0 Å². The fourth-order valence-corrected chi connectivity index (χ4v) is 2.43.